The molecule has 3 aromatic rings. The molecule has 3 atom stereocenters. The molecule has 3 N–H and O–H groups in total. The van der Waals surface area contributed by atoms with E-state index in [1.165, 1.54) is 64.8 Å². The van der Waals surface area contributed by atoms with Gasteiger partial charge in [0.25, 0.3) is 0 Å². The Labute approximate surface area is 357 Å². The molecule has 10 nitrogen and oxygen atoms in total. The lowest BCUT2D eigenvalue weighted by Crippen LogP contribution is -2.47. The molecule has 0 unspecified atom stereocenters. The van der Waals surface area contributed by atoms with Crippen LogP contribution in [0.3, 0.4) is 0 Å². The summed E-state index contributed by atoms with van der Waals surface area (Å²) < 4.78 is 63.6. The van der Waals surface area contributed by atoms with Crippen molar-refractivity contribution in [2.75, 3.05) is 32.3 Å². The van der Waals surface area contributed by atoms with E-state index in [2.05, 4.69) is 15.9 Å². The van der Waals surface area contributed by atoms with Crippen molar-refractivity contribution in [3.63, 3.8) is 0 Å². The highest BCUT2D eigenvalue weighted by atomic mass is 79.9. The van der Waals surface area contributed by atoms with Gasteiger partial charge in [-0.25, -0.2) is 22.8 Å². The number of amides is 2. The molecule has 2 heterocycles. The van der Waals surface area contributed by atoms with Crippen molar-refractivity contribution in [3.05, 3.63) is 93.2 Å². The first-order chi connectivity index (χ1) is 26.7. The lowest BCUT2D eigenvalue weighted by Gasteiger charge is -2.35. The van der Waals surface area contributed by atoms with Crippen LogP contribution < -0.4 is 5.73 Å². The molecule has 2 fully saturated rings. The van der Waals surface area contributed by atoms with Gasteiger partial charge in [-0.1, -0.05) is 15.9 Å². The van der Waals surface area contributed by atoms with Crippen LogP contribution in [0.2, 0.25) is 0 Å². The molecule has 5 rings (SSSR count). The second kappa shape index (κ2) is 20.0. The monoisotopic (exact) mass is 915 g/mol. The summed E-state index contributed by atoms with van der Waals surface area (Å²) in [7, 11) is 0. The van der Waals surface area contributed by atoms with Crippen LogP contribution in [0.5, 0.6) is 0 Å². The van der Waals surface area contributed by atoms with Gasteiger partial charge < -0.3 is 29.8 Å². The third-order valence-electron chi connectivity index (χ3n) is 8.69. The number of nitrogens with two attached hydrogens (primary N) is 1. The van der Waals surface area contributed by atoms with Crippen molar-refractivity contribution in [1.29, 1.82) is 0 Å². The van der Waals surface area contributed by atoms with E-state index in [0.717, 1.165) is 9.79 Å². The Bertz CT molecular complexity index is 1870. The van der Waals surface area contributed by atoms with Crippen molar-refractivity contribution in [3.8, 4) is 0 Å². The predicted octanol–water partition coefficient (Wildman–Crippen LogP) is 10.8. The molecule has 0 radical (unpaired) electrons. The number of hydrogen-bond acceptors (Lipinski definition) is 10. The van der Waals surface area contributed by atoms with Gasteiger partial charge in [0.05, 0.1) is 37.9 Å². The van der Waals surface area contributed by atoms with Crippen molar-refractivity contribution >= 4 is 51.6 Å². The zero-order valence-corrected chi connectivity index (χ0v) is 38.5. The van der Waals surface area contributed by atoms with Gasteiger partial charge in [0.15, 0.2) is 0 Å². The van der Waals surface area contributed by atoms with Crippen molar-refractivity contribution in [2.24, 2.45) is 5.73 Å². The number of nitrogens with zero attached hydrogens (tertiary/aromatic N) is 2. The first-order valence-corrected chi connectivity index (χ1v) is 21.8. The maximum atomic E-state index is 13.9. The Kier molecular flexibility index (Phi) is 17.1. The van der Waals surface area contributed by atoms with Crippen LogP contribution in [-0.2, 0) is 18.9 Å². The fourth-order valence-electron chi connectivity index (χ4n) is 6.10. The van der Waals surface area contributed by atoms with Gasteiger partial charge in [-0.3, -0.25) is 9.80 Å². The highest BCUT2D eigenvalue weighted by Crippen LogP contribution is 2.40. The fourth-order valence-corrected chi connectivity index (χ4v) is 7.55. The van der Waals surface area contributed by atoms with Crippen molar-refractivity contribution < 1.29 is 46.8 Å². The van der Waals surface area contributed by atoms with E-state index in [9.17, 15) is 22.8 Å². The highest BCUT2D eigenvalue weighted by Gasteiger charge is 2.47. The number of thioether (sulfide) groups is 2. The largest absolute Gasteiger partial charge is 0.444 e. The Balaban J connectivity index is 0.000000242. The second-order valence-electron chi connectivity index (χ2n) is 16.6. The number of aliphatic hydroxyl groups is 1. The van der Waals surface area contributed by atoms with E-state index in [4.69, 9.17) is 29.8 Å². The molecule has 0 saturated carbocycles. The summed E-state index contributed by atoms with van der Waals surface area (Å²) in [4.78, 5) is 29.9. The summed E-state index contributed by atoms with van der Waals surface area (Å²) in [6.07, 6.45) is 2.82. The quantitative estimate of drug-likeness (QED) is 0.231. The number of carbonyl (C=O) groups is 2. The summed E-state index contributed by atoms with van der Waals surface area (Å²) in [6, 6.07) is 12.7. The van der Waals surface area contributed by atoms with E-state index >= 15 is 0 Å². The molecule has 2 aliphatic heterocycles. The maximum Gasteiger partial charge on any atom is 0.413 e. The topological polar surface area (TPSA) is 124 Å². The van der Waals surface area contributed by atoms with Gasteiger partial charge in [0, 0.05) is 14.3 Å². The summed E-state index contributed by atoms with van der Waals surface area (Å²) in [5.41, 5.74) is 4.74. The average Bonchev–Trinajstić information content (AvgIpc) is 3.60. The summed E-state index contributed by atoms with van der Waals surface area (Å²) in [5, 5.41) is 8.79. The number of benzene rings is 3. The SMILES string of the molecule is CC(C)(C)OC(=O)N1[C@@H](c2cc(F)cc(Br)c2)COC1(C)C.CSc1cc(F)cc([C@H](N)CO)c1.CSc1cc(F)cc([C@H]2COC(C)(C)N2C(=O)OC(C)(C)C)c1. The van der Waals surface area contributed by atoms with E-state index in [1.807, 2.05) is 74.0 Å². The molecule has 322 valence electrons. The average molecular weight is 917 g/mol. The van der Waals surface area contributed by atoms with Crippen LogP contribution >= 0.6 is 39.5 Å². The molecule has 16 heteroatoms. The minimum atomic E-state index is -0.814. The van der Waals surface area contributed by atoms with Gasteiger partial charge in [-0.05, 0) is 153 Å². The maximum absolute atomic E-state index is 13.9. The van der Waals surface area contributed by atoms with Crippen LogP contribution in [0.25, 0.3) is 0 Å². The van der Waals surface area contributed by atoms with Crippen molar-refractivity contribution in [2.45, 2.75) is 120 Å². The standard InChI is InChI=1S/C17H24FNO3S.C16H21BrFNO3.C9H12FNOS/c1-16(2,3)22-15(20)19-14(10-21-17(19,4)5)11-7-12(18)9-13(8-11)23-6;1-15(2,3)22-14(20)19-13(9-21-16(19,4)5)10-6-11(17)8-12(18)7-10;1-13-8-3-6(9(11)5-12)2-7(10)4-8/h7-9,14H,10H2,1-6H3;6-8,13H,9H2,1-5H3;2-4,9,12H,5,11H2,1H3/t14-;13-;9-/m111/s1. The number of halogens is 4. The van der Waals surface area contributed by atoms with Crippen molar-refractivity contribution in [1.82, 2.24) is 9.80 Å². The minimum absolute atomic E-state index is 0.169. The number of aliphatic hydroxyl groups excluding tert-OH is 1. The second-order valence-corrected chi connectivity index (χ2v) is 19.3. The Hall–Kier alpha value is -2.99. The lowest BCUT2D eigenvalue weighted by atomic mass is 10.1. The molecule has 3 aromatic carbocycles. The lowest BCUT2D eigenvalue weighted by molar-refractivity contribution is -0.0637. The van der Waals surface area contributed by atoms with Gasteiger partial charge in [0.1, 0.15) is 40.1 Å². The number of hydrogen-bond donors (Lipinski definition) is 2. The molecule has 2 saturated heterocycles. The third kappa shape index (κ3) is 14.1. The van der Waals surface area contributed by atoms with E-state index in [-0.39, 0.29) is 30.1 Å². The molecule has 0 aliphatic carbocycles. The van der Waals surface area contributed by atoms with Crippen LogP contribution in [0.4, 0.5) is 22.8 Å². The van der Waals surface area contributed by atoms with E-state index in [0.29, 0.717) is 34.4 Å². The van der Waals surface area contributed by atoms with Gasteiger partial charge in [-0.2, -0.15) is 0 Å². The summed E-state index contributed by atoms with van der Waals surface area (Å²) >= 11 is 6.19. The van der Waals surface area contributed by atoms with Crippen LogP contribution in [0.15, 0.2) is 68.9 Å². The first-order valence-electron chi connectivity index (χ1n) is 18.5. The fraction of sp³-hybridized carbons (Fsp3) is 0.524. The number of rotatable bonds is 6. The number of carbonyl (C=O) groups excluding carboxylic acids is 2. The summed E-state index contributed by atoms with van der Waals surface area (Å²) in [5.74, 6) is -0.996. The van der Waals surface area contributed by atoms with E-state index < -0.39 is 46.9 Å². The Morgan fingerprint density at radius 3 is 1.55 bits per heavy atom. The molecule has 58 heavy (non-hydrogen) atoms. The molecular weight excluding hydrogens is 860 g/mol. The van der Waals surface area contributed by atoms with Gasteiger partial charge in [0.2, 0.25) is 0 Å². The highest BCUT2D eigenvalue weighted by molar-refractivity contribution is 9.10. The smallest absolute Gasteiger partial charge is 0.413 e. The van der Waals surface area contributed by atoms with Crippen LogP contribution in [0.1, 0.15) is 104 Å². The summed E-state index contributed by atoms with van der Waals surface area (Å²) in [6.45, 7) is 18.5. The molecule has 0 spiro atoms. The normalized spacial score (nSPS) is 19.1. The Morgan fingerprint density at radius 1 is 0.759 bits per heavy atom. The van der Waals surface area contributed by atoms with Gasteiger partial charge in [-0.15, -0.1) is 23.5 Å². The van der Waals surface area contributed by atoms with Crippen LogP contribution in [0, 0.1) is 17.5 Å². The van der Waals surface area contributed by atoms with E-state index in [1.54, 1.807) is 30.9 Å². The first kappa shape index (κ1) is 49.4. The molecule has 2 aliphatic rings. The number of ether oxygens (including phenoxy) is 4. The molecule has 2 amide bonds. The third-order valence-corrected chi connectivity index (χ3v) is 10.6. The van der Waals surface area contributed by atoms with Crippen LogP contribution in [-0.4, -0.2) is 82.1 Å². The zero-order valence-electron chi connectivity index (χ0n) is 35.2. The molecule has 0 aromatic heterocycles. The Morgan fingerprint density at radius 2 is 1.16 bits per heavy atom. The zero-order chi connectivity index (χ0) is 44.0. The minimum Gasteiger partial charge on any atom is -0.444 e. The van der Waals surface area contributed by atoms with Gasteiger partial charge >= 0.3 is 12.2 Å². The molecular formula is C42H57BrF3N3O7S2. The molecule has 0 bridgehead atoms. The predicted molar refractivity (Wildman–Crippen MR) is 226 cm³/mol.